The number of fused-ring (bicyclic) bond motifs is 1. The first-order chi connectivity index (χ1) is 7.67. The quantitative estimate of drug-likeness (QED) is 0.890. The van der Waals surface area contributed by atoms with Gasteiger partial charge in [-0.2, -0.15) is 11.8 Å². The van der Waals surface area contributed by atoms with E-state index in [0.29, 0.717) is 5.25 Å². The van der Waals surface area contributed by atoms with Gasteiger partial charge in [0.1, 0.15) is 5.82 Å². The van der Waals surface area contributed by atoms with Crippen molar-refractivity contribution in [3.05, 3.63) is 33.5 Å². The lowest BCUT2D eigenvalue weighted by Gasteiger charge is -2.33. The second kappa shape index (κ2) is 5.07. The first-order valence-corrected chi connectivity index (χ1v) is 7.28. The Morgan fingerprint density at radius 2 is 2.31 bits per heavy atom. The average Bonchev–Trinajstić information content (AvgIpc) is 2.27. The molecule has 1 aromatic carbocycles. The summed E-state index contributed by atoms with van der Waals surface area (Å²) in [7, 11) is 1.95. The van der Waals surface area contributed by atoms with Crippen LogP contribution in [0.1, 0.15) is 30.5 Å². The Kier molecular flexibility index (Phi) is 3.93. The van der Waals surface area contributed by atoms with Crippen LogP contribution in [0.3, 0.4) is 0 Å². The average molecular weight is 304 g/mol. The molecule has 1 aliphatic heterocycles. The minimum atomic E-state index is -0.160. The summed E-state index contributed by atoms with van der Waals surface area (Å²) < 4.78 is 14.3. The fourth-order valence-electron chi connectivity index (χ4n) is 2.23. The Labute approximate surface area is 108 Å². The molecule has 0 amide bonds. The van der Waals surface area contributed by atoms with Crippen molar-refractivity contribution in [2.24, 2.45) is 0 Å². The number of benzene rings is 1. The van der Waals surface area contributed by atoms with Gasteiger partial charge in [-0.15, -0.1) is 0 Å². The van der Waals surface area contributed by atoms with Crippen molar-refractivity contribution in [3.63, 3.8) is 0 Å². The molecule has 2 atom stereocenters. The minimum absolute atomic E-state index is 0.160. The van der Waals surface area contributed by atoms with Gasteiger partial charge >= 0.3 is 0 Å². The van der Waals surface area contributed by atoms with Crippen LogP contribution in [-0.4, -0.2) is 12.3 Å². The van der Waals surface area contributed by atoms with Gasteiger partial charge in [0.25, 0.3) is 0 Å². The van der Waals surface area contributed by atoms with Crippen LogP contribution in [-0.2, 0) is 5.75 Å². The van der Waals surface area contributed by atoms with Gasteiger partial charge in [-0.05, 0) is 36.7 Å². The smallest absolute Gasteiger partial charge is 0.124 e. The van der Waals surface area contributed by atoms with Crippen molar-refractivity contribution in [2.75, 3.05) is 7.05 Å². The van der Waals surface area contributed by atoms with E-state index in [0.717, 1.165) is 22.2 Å². The monoisotopic (exact) mass is 303 g/mol. The first-order valence-electron chi connectivity index (χ1n) is 5.44. The highest BCUT2D eigenvalue weighted by Gasteiger charge is 2.29. The molecule has 1 aromatic rings. The number of halogens is 2. The largest absolute Gasteiger partial charge is 0.312 e. The van der Waals surface area contributed by atoms with Crippen LogP contribution in [0.4, 0.5) is 4.39 Å². The predicted octanol–water partition coefficient (Wildman–Crippen LogP) is 3.87. The number of rotatable bonds is 2. The second-order valence-electron chi connectivity index (χ2n) is 3.98. The Bertz CT molecular complexity index is 397. The molecule has 16 heavy (non-hydrogen) atoms. The molecule has 1 nitrogen and oxygen atoms in total. The summed E-state index contributed by atoms with van der Waals surface area (Å²) in [5, 5.41) is 3.84. The molecule has 0 radical (unpaired) electrons. The van der Waals surface area contributed by atoms with Crippen molar-refractivity contribution in [1.29, 1.82) is 0 Å². The summed E-state index contributed by atoms with van der Waals surface area (Å²) in [6, 6.07) is 3.48. The van der Waals surface area contributed by atoms with Gasteiger partial charge in [0.05, 0.1) is 0 Å². The standard InChI is InChI=1S/C12H15BrFNS/c1-3-11-12(15-2)8-4-7(14)5-10(13)9(8)6-16-11/h4-5,11-12,15H,3,6H2,1-2H3. The number of hydrogen-bond donors (Lipinski definition) is 1. The van der Waals surface area contributed by atoms with E-state index in [1.54, 1.807) is 12.1 Å². The lowest BCUT2D eigenvalue weighted by Crippen LogP contribution is -2.31. The molecule has 4 heteroatoms. The second-order valence-corrected chi connectivity index (χ2v) is 6.06. The van der Waals surface area contributed by atoms with E-state index < -0.39 is 0 Å². The van der Waals surface area contributed by atoms with E-state index in [1.807, 2.05) is 18.8 Å². The van der Waals surface area contributed by atoms with Gasteiger partial charge in [-0.1, -0.05) is 22.9 Å². The number of hydrogen-bond acceptors (Lipinski definition) is 2. The van der Waals surface area contributed by atoms with Crippen LogP contribution in [0, 0.1) is 5.82 Å². The van der Waals surface area contributed by atoms with E-state index in [9.17, 15) is 4.39 Å². The van der Waals surface area contributed by atoms with E-state index >= 15 is 0 Å². The Morgan fingerprint density at radius 1 is 1.56 bits per heavy atom. The molecule has 0 aromatic heterocycles. The van der Waals surface area contributed by atoms with E-state index in [1.165, 1.54) is 5.56 Å². The zero-order valence-electron chi connectivity index (χ0n) is 9.39. The van der Waals surface area contributed by atoms with Gasteiger partial charge in [-0.25, -0.2) is 4.39 Å². The molecule has 1 N–H and O–H groups in total. The summed E-state index contributed by atoms with van der Waals surface area (Å²) in [5.41, 5.74) is 2.34. The number of nitrogens with one attached hydrogen (secondary N) is 1. The summed E-state index contributed by atoms with van der Waals surface area (Å²) in [6.45, 7) is 2.18. The van der Waals surface area contributed by atoms with Gasteiger partial charge in [-0.3, -0.25) is 0 Å². The third kappa shape index (κ3) is 2.15. The molecule has 2 unspecified atom stereocenters. The minimum Gasteiger partial charge on any atom is -0.312 e. The third-order valence-electron chi connectivity index (χ3n) is 3.06. The SMILES string of the molecule is CCC1SCc2c(Br)cc(F)cc2C1NC. The lowest BCUT2D eigenvalue weighted by atomic mass is 9.96. The number of thioether (sulfide) groups is 1. The van der Waals surface area contributed by atoms with Crippen LogP contribution in [0.2, 0.25) is 0 Å². The van der Waals surface area contributed by atoms with Crippen LogP contribution in [0.25, 0.3) is 0 Å². The molecule has 1 aliphatic rings. The highest BCUT2D eigenvalue weighted by atomic mass is 79.9. The normalized spacial score (nSPS) is 24.2. The fraction of sp³-hybridized carbons (Fsp3) is 0.500. The lowest BCUT2D eigenvalue weighted by molar-refractivity contribution is 0.538. The summed E-state index contributed by atoms with van der Waals surface area (Å²) in [6.07, 6.45) is 1.10. The Balaban J connectivity index is 2.47. The molecule has 0 fully saturated rings. The summed E-state index contributed by atoms with van der Waals surface area (Å²) >= 11 is 5.39. The molecule has 0 spiro atoms. The van der Waals surface area contributed by atoms with Crippen molar-refractivity contribution in [2.45, 2.75) is 30.4 Å². The molecule has 0 saturated carbocycles. The zero-order chi connectivity index (χ0) is 11.7. The molecule has 88 valence electrons. The molecular weight excluding hydrogens is 289 g/mol. The van der Waals surface area contributed by atoms with Crippen LogP contribution in [0.15, 0.2) is 16.6 Å². The van der Waals surface area contributed by atoms with Crippen molar-refractivity contribution >= 4 is 27.7 Å². The highest BCUT2D eigenvalue weighted by Crippen LogP contribution is 2.42. The van der Waals surface area contributed by atoms with Crippen LogP contribution < -0.4 is 5.32 Å². The summed E-state index contributed by atoms with van der Waals surface area (Å²) in [5.74, 6) is 0.806. The Hall–Kier alpha value is -0.0600. The zero-order valence-corrected chi connectivity index (χ0v) is 11.8. The van der Waals surface area contributed by atoms with Crippen LogP contribution >= 0.6 is 27.7 Å². The van der Waals surface area contributed by atoms with Crippen molar-refractivity contribution in [3.8, 4) is 0 Å². The maximum atomic E-state index is 13.4. The van der Waals surface area contributed by atoms with Gasteiger partial charge < -0.3 is 5.32 Å². The van der Waals surface area contributed by atoms with Gasteiger partial charge in [0.2, 0.25) is 0 Å². The summed E-state index contributed by atoms with van der Waals surface area (Å²) in [4.78, 5) is 0. The maximum absolute atomic E-state index is 13.4. The molecule has 0 aliphatic carbocycles. The van der Waals surface area contributed by atoms with E-state index in [4.69, 9.17) is 0 Å². The topological polar surface area (TPSA) is 12.0 Å². The molecule has 1 heterocycles. The van der Waals surface area contributed by atoms with Gasteiger partial charge in [0, 0.05) is 21.5 Å². The van der Waals surface area contributed by atoms with Crippen LogP contribution in [0.5, 0.6) is 0 Å². The fourth-order valence-corrected chi connectivity index (χ4v) is 4.42. The van der Waals surface area contributed by atoms with E-state index in [2.05, 4.69) is 28.2 Å². The van der Waals surface area contributed by atoms with Crippen molar-refractivity contribution < 1.29 is 4.39 Å². The third-order valence-corrected chi connectivity index (χ3v) is 5.25. The Morgan fingerprint density at radius 3 is 2.94 bits per heavy atom. The predicted molar refractivity (Wildman–Crippen MR) is 71.3 cm³/mol. The molecular formula is C12H15BrFNS. The van der Waals surface area contributed by atoms with E-state index in [-0.39, 0.29) is 11.9 Å². The van der Waals surface area contributed by atoms with Crippen molar-refractivity contribution in [1.82, 2.24) is 5.32 Å². The molecule has 0 bridgehead atoms. The first kappa shape index (κ1) is 12.4. The maximum Gasteiger partial charge on any atom is 0.124 e. The van der Waals surface area contributed by atoms with Gasteiger partial charge in [0.15, 0.2) is 0 Å². The molecule has 0 saturated heterocycles. The molecule has 2 rings (SSSR count). The highest BCUT2D eigenvalue weighted by molar-refractivity contribution is 9.10.